The summed E-state index contributed by atoms with van der Waals surface area (Å²) in [6.45, 7) is 2.31. The van der Waals surface area contributed by atoms with E-state index in [1.54, 1.807) is 7.11 Å². The van der Waals surface area contributed by atoms with Gasteiger partial charge in [-0.15, -0.1) is 11.3 Å². The molecule has 0 unspecified atom stereocenters. The summed E-state index contributed by atoms with van der Waals surface area (Å²) >= 11 is 1.50. The standard InChI is InChI=1S/C22H20N4O2S/c1-3-26-22(27)19(23)18(20(25-26)14-7-5-4-6-8-14)17-13-29-21(24-17)15-9-11-16(28-2)12-10-15/h4-13H,3,23H2,1-2H3. The number of benzene rings is 2. The second-order valence-electron chi connectivity index (χ2n) is 6.39. The summed E-state index contributed by atoms with van der Waals surface area (Å²) in [5, 5.41) is 7.32. The Bertz CT molecular complexity index is 1200. The van der Waals surface area contributed by atoms with Crippen molar-refractivity contribution in [2.24, 2.45) is 0 Å². The summed E-state index contributed by atoms with van der Waals surface area (Å²) in [4.78, 5) is 17.4. The van der Waals surface area contributed by atoms with Gasteiger partial charge in [0.05, 0.1) is 18.4 Å². The molecule has 0 radical (unpaired) electrons. The molecule has 2 heterocycles. The molecule has 0 spiro atoms. The van der Waals surface area contributed by atoms with Gasteiger partial charge in [0.2, 0.25) is 0 Å². The zero-order valence-electron chi connectivity index (χ0n) is 16.1. The van der Waals surface area contributed by atoms with Crippen LogP contribution in [0.2, 0.25) is 0 Å². The highest BCUT2D eigenvalue weighted by Gasteiger charge is 2.20. The number of nitrogens with two attached hydrogens (primary N) is 1. The molecule has 4 aromatic rings. The fourth-order valence-electron chi connectivity index (χ4n) is 3.12. The summed E-state index contributed by atoms with van der Waals surface area (Å²) < 4.78 is 6.60. The SMILES string of the molecule is CCn1nc(-c2ccccc2)c(-c2csc(-c3ccc(OC)cc3)n2)c(N)c1=O. The second-order valence-corrected chi connectivity index (χ2v) is 7.25. The molecule has 0 saturated heterocycles. The van der Waals surface area contributed by atoms with Crippen LogP contribution >= 0.6 is 11.3 Å². The number of anilines is 1. The largest absolute Gasteiger partial charge is 0.497 e. The molecule has 29 heavy (non-hydrogen) atoms. The minimum Gasteiger partial charge on any atom is -0.497 e. The van der Waals surface area contributed by atoms with E-state index in [-0.39, 0.29) is 11.2 Å². The molecule has 2 N–H and O–H groups in total. The lowest BCUT2D eigenvalue weighted by atomic mass is 10.0. The maximum absolute atomic E-state index is 12.7. The Hall–Kier alpha value is -3.45. The molecule has 0 bridgehead atoms. The third kappa shape index (κ3) is 3.52. The first-order chi connectivity index (χ1) is 14.1. The lowest BCUT2D eigenvalue weighted by molar-refractivity contribution is 0.415. The molecule has 0 fully saturated rings. The van der Waals surface area contributed by atoms with Crippen LogP contribution in [0.4, 0.5) is 5.69 Å². The van der Waals surface area contributed by atoms with E-state index in [9.17, 15) is 4.79 Å². The lowest BCUT2D eigenvalue weighted by Crippen LogP contribution is -2.26. The van der Waals surface area contributed by atoms with E-state index >= 15 is 0 Å². The Kier molecular flexibility index (Phi) is 5.14. The van der Waals surface area contributed by atoms with Crippen LogP contribution in [-0.2, 0) is 6.54 Å². The first kappa shape index (κ1) is 18.9. The number of hydrogen-bond acceptors (Lipinski definition) is 6. The minimum atomic E-state index is -0.304. The van der Waals surface area contributed by atoms with Gasteiger partial charge >= 0.3 is 0 Å². The van der Waals surface area contributed by atoms with Gasteiger partial charge in [0.25, 0.3) is 5.56 Å². The topological polar surface area (TPSA) is 83.0 Å². The number of aromatic nitrogens is 3. The Morgan fingerprint density at radius 3 is 2.45 bits per heavy atom. The molecule has 146 valence electrons. The van der Waals surface area contributed by atoms with Gasteiger partial charge in [-0.2, -0.15) is 5.10 Å². The fraction of sp³-hybridized carbons (Fsp3) is 0.136. The molecule has 0 aliphatic carbocycles. The summed E-state index contributed by atoms with van der Waals surface area (Å²) in [7, 11) is 1.63. The molecule has 0 atom stereocenters. The fourth-order valence-corrected chi connectivity index (χ4v) is 3.93. The molecular formula is C22H20N4O2S. The third-order valence-corrected chi connectivity index (χ3v) is 5.53. The molecule has 0 aliphatic rings. The van der Waals surface area contributed by atoms with Crippen molar-refractivity contribution < 1.29 is 4.74 Å². The number of thiazole rings is 1. The van der Waals surface area contributed by atoms with Crippen molar-refractivity contribution in [2.75, 3.05) is 12.8 Å². The van der Waals surface area contributed by atoms with Crippen LogP contribution in [0, 0.1) is 0 Å². The van der Waals surface area contributed by atoms with E-state index in [1.807, 2.05) is 66.9 Å². The highest BCUT2D eigenvalue weighted by molar-refractivity contribution is 7.13. The van der Waals surface area contributed by atoms with Gasteiger partial charge in [0.1, 0.15) is 22.1 Å². The second kappa shape index (κ2) is 7.89. The van der Waals surface area contributed by atoms with Gasteiger partial charge in [-0.05, 0) is 31.2 Å². The van der Waals surface area contributed by atoms with E-state index in [2.05, 4.69) is 5.10 Å². The van der Waals surface area contributed by atoms with Gasteiger partial charge in [0.15, 0.2) is 0 Å². The quantitative estimate of drug-likeness (QED) is 0.536. The summed E-state index contributed by atoms with van der Waals surface area (Å²) in [6, 6.07) is 17.4. The van der Waals surface area contributed by atoms with Crippen molar-refractivity contribution in [1.82, 2.24) is 14.8 Å². The molecule has 7 heteroatoms. The first-order valence-corrected chi connectivity index (χ1v) is 10.1. The summed E-state index contributed by atoms with van der Waals surface area (Å²) in [5.41, 5.74) is 9.86. The van der Waals surface area contributed by atoms with Crippen molar-refractivity contribution in [1.29, 1.82) is 0 Å². The predicted molar refractivity (Wildman–Crippen MR) is 117 cm³/mol. The number of ether oxygens (including phenoxy) is 1. The van der Waals surface area contributed by atoms with Crippen molar-refractivity contribution >= 4 is 17.0 Å². The normalized spacial score (nSPS) is 10.8. The van der Waals surface area contributed by atoms with Gasteiger partial charge in [-0.25, -0.2) is 9.67 Å². The van der Waals surface area contributed by atoms with Crippen molar-refractivity contribution in [3.63, 3.8) is 0 Å². The van der Waals surface area contributed by atoms with Crippen LogP contribution in [0.25, 0.3) is 33.1 Å². The summed E-state index contributed by atoms with van der Waals surface area (Å²) in [6.07, 6.45) is 0. The van der Waals surface area contributed by atoms with E-state index in [0.717, 1.165) is 21.9 Å². The Morgan fingerprint density at radius 2 is 1.79 bits per heavy atom. The molecule has 0 aliphatic heterocycles. The number of nitrogen functional groups attached to an aromatic ring is 1. The van der Waals surface area contributed by atoms with Crippen LogP contribution in [0.3, 0.4) is 0 Å². The van der Waals surface area contributed by atoms with Gasteiger partial charge < -0.3 is 10.5 Å². The maximum Gasteiger partial charge on any atom is 0.290 e. The number of hydrogen-bond donors (Lipinski definition) is 1. The Balaban J connectivity index is 1.87. The Labute approximate surface area is 172 Å². The van der Waals surface area contributed by atoms with Crippen LogP contribution in [0.15, 0.2) is 64.8 Å². The van der Waals surface area contributed by atoms with Crippen LogP contribution in [0.1, 0.15) is 6.92 Å². The zero-order valence-corrected chi connectivity index (χ0v) is 16.9. The number of methoxy groups -OCH3 is 1. The maximum atomic E-state index is 12.7. The third-order valence-electron chi connectivity index (χ3n) is 4.64. The van der Waals surface area contributed by atoms with Gasteiger partial charge in [0, 0.05) is 23.1 Å². The molecule has 2 aromatic heterocycles. The molecule has 4 rings (SSSR count). The molecular weight excluding hydrogens is 384 g/mol. The lowest BCUT2D eigenvalue weighted by Gasteiger charge is -2.12. The van der Waals surface area contributed by atoms with E-state index in [4.69, 9.17) is 15.5 Å². The van der Waals surface area contributed by atoms with E-state index in [0.29, 0.717) is 23.5 Å². The molecule has 0 amide bonds. The van der Waals surface area contributed by atoms with E-state index < -0.39 is 0 Å². The smallest absolute Gasteiger partial charge is 0.290 e. The van der Waals surface area contributed by atoms with Gasteiger partial charge in [-0.1, -0.05) is 30.3 Å². The first-order valence-electron chi connectivity index (χ1n) is 9.18. The van der Waals surface area contributed by atoms with Crippen LogP contribution in [-0.4, -0.2) is 21.9 Å². The van der Waals surface area contributed by atoms with E-state index in [1.165, 1.54) is 16.0 Å². The van der Waals surface area contributed by atoms with Crippen molar-refractivity contribution in [3.8, 4) is 38.8 Å². The molecule has 6 nitrogen and oxygen atoms in total. The molecule has 2 aromatic carbocycles. The number of aryl methyl sites for hydroxylation is 1. The minimum absolute atomic E-state index is 0.160. The van der Waals surface area contributed by atoms with Gasteiger partial charge in [-0.3, -0.25) is 4.79 Å². The molecule has 0 saturated carbocycles. The zero-order chi connectivity index (χ0) is 20.4. The predicted octanol–water partition coefficient (Wildman–Crippen LogP) is 4.31. The van der Waals surface area contributed by atoms with Crippen molar-refractivity contribution in [2.45, 2.75) is 13.5 Å². The van der Waals surface area contributed by atoms with Crippen LogP contribution in [0.5, 0.6) is 5.75 Å². The summed E-state index contributed by atoms with van der Waals surface area (Å²) in [5.74, 6) is 0.786. The highest BCUT2D eigenvalue weighted by atomic mass is 32.1. The Morgan fingerprint density at radius 1 is 1.07 bits per heavy atom. The van der Waals surface area contributed by atoms with Crippen molar-refractivity contribution in [3.05, 3.63) is 70.3 Å². The van der Waals surface area contributed by atoms with Crippen LogP contribution < -0.4 is 16.0 Å². The number of nitrogens with zero attached hydrogens (tertiary/aromatic N) is 3. The average molecular weight is 404 g/mol. The highest BCUT2D eigenvalue weighted by Crippen LogP contribution is 2.36. The average Bonchev–Trinajstić information content (AvgIpc) is 3.25. The number of rotatable bonds is 5. The monoisotopic (exact) mass is 404 g/mol.